The molecule has 21 heavy (non-hydrogen) atoms. The smallest absolute Gasteiger partial charge is 0.0561 e. The molecule has 0 radical (unpaired) electrons. The molecule has 0 bridgehead atoms. The number of hydrogen-bond acceptors (Lipinski definition) is 4. The van der Waals surface area contributed by atoms with Gasteiger partial charge in [-0.2, -0.15) is 0 Å². The van der Waals surface area contributed by atoms with Crippen molar-refractivity contribution >= 4 is 64.1 Å². The van der Waals surface area contributed by atoms with Crippen molar-refractivity contribution < 1.29 is 0 Å². The van der Waals surface area contributed by atoms with Gasteiger partial charge in [-0.3, -0.25) is 0 Å². The first-order valence-corrected chi connectivity index (χ1v) is 9.90. The molecule has 0 fully saturated rings. The molecule has 0 aliphatic heterocycles. The van der Waals surface area contributed by atoms with Crippen molar-refractivity contribution in [3.63, 3.8) is 0 Å². The Balaban J connectivity index is 1.59. The van der Waals surface area contributed by atoms with E-state index in [1.54, 1.807) is 0 Å². The van der Waals surface area contributed by atoms with E-state index in [2.05, 4.69) is 52.1 Å². The van der Waals surface area contributed by atoms with Crippen LogP contribution >= 0.6 is 45.3 Å². The third-order valence-corrected chi connectivity index (χ3v) is 7.75. The quantitative estimate of drug-likeness (QED) is 0.359. The summed E-state index contributed by atoms with van der Waals surface area (Å²) in [4.78, 5) is 6.22. The molecular weight excluding hydrogens is 334 g/mol. The van der Waals surface area contributed by atoms with Crippen molar-refractivity contribution in [2.45, 2.75) is 0 Å². The fraction of sp³-hybridized carbons (Fsp3) is 0. The number of thiophene rings is 4. The highest BCUT2D eigenvalue weighted by atomic mass is 32.1. The Hall–Kier alpha value is -1.40. The van der Waals surface area contributed by atoms with Gasteiger partial charge in [0.15, 0.2) is 0 Å². The van der Waals surface area contributed by atoms with Crippen LogP contribution in [0, 0.1) is 0 Å². The predicted molar refractivity (Wildman–Crippen MR) is 98.2 cm³/mol. The number of rotatable bonds is 2. The molecule has 0 spiro atoms. The summed E-state index contributed by atoms with van der Waals surface area (Å²) in [5.74, 6) is 0. The molecule has 1 N–H and O–H groups in total. The third kappa shape index (κ3) is 1.92. The largest absolute Gasteiger partial charge is 0.353 e. The zero-order valence-electron chi connectivity index (χ0n) is 10.8. The molecule has 0 aromatic carbocycles. The van der Waals surface area contributed by atoms with E-state index in [1.165, 1.54) is 39.9 Å². The van der Waals surface area contributed by atoms with Gasteiger partial charge in [-0.15, -0.1) is 45.3 Å². The van der Waals surface area contributed by atoms with Crippen molar-refractivity contribution in [1.82, 2.24) is 4.98 Å². The van der Waals surface area contributed by atoms with Crippen LogP contribution in [0.15, 0.2) is 47.2 Å². The van der Waals surface area contributed by atoms with Gasteiger partial charge in [-0.05, 0) is 47.2 Å². The van der Waals surface area contributed by atoms with Crippen LogP contribution in [-0.4, -0.2) is 4.98 Å². The maximum absolute atomic E-state index is 3.58. The van der Waals surface area contributed by atoms with E-state index < -0.39 is 0 Å². The summed E-state index contributed by atoms with van der Waals surface area (Å²) >= 11 is 7.33. The van der Waals surface area contributed by atoms with Gasteiger partial charge in [0.05, 0.1) is 21.1 Å². The van der Waals surface area contributed by atoms with Crippen LogP contribution in [0.25, 0.3) is 39.9 Å². The Morgan fingerprint density at radius 2 is 1.14 bits per heavy atom. The minimum Gasteiger partial charge on any atom is -0.353 e. The lowest BCUT2D eigenvalue weighted by Crippen LogP contribution is -1.72. The van der Waals surface area contributed by atoms with Gasteiger partial charge in [0.1, 0.15) is 0 Å². The van der Waals surface area contributed by atoms with Crippen LogP contribution in [0.3, 0.4) is 0 Å². The highest BCUT2D eigenvalue weighted by molar-refractivity contribution is 7.29. The minimum absolute atomic E-state index is 1.22. The van der Waals surface area contributed by atoms with Gasteiger partial charge in [0, 0.05) is 18.8 Å². The third-order valence-electron chi connectivity index (χ3n) is 3.50. The second-order valence-electron chi connectivity index (χ2n) is 4.81. The van der Waals surface area contributed by atoms with Gasteiger partial charge in [0.25, 0.3) is 0 Å². The highest BCUT2D eigenvalue weighted by Crippen LogP contribution is 2.39. The number of aromatic nitrogens is 1. The minimum atomic E-state index is 1.22. The van der Waals surface area contributed by atoms with E-state index in [1.807, 2.05) is 45.3 Å². The fourth-order valence-electron chi connectivity index (χ4n) is 2.48. The Bertz CT molecular complexity index is 912. The molecule has 0 amide bonds. The van der Waals surface area contributed by atoms with Crippen LogP contribution in [-0.2, 0) is 0 Å². The van der Waals surface area contributed by atoms with E-state index in [0.29, 0.717) is 0 Å². The molecule has 0 aliphatic carbocycles. The molecule has 0 saturated heterocycles. The topological polar surface area (TPSA) is 15.8 Å². The number of H-pyrrole nitrogens is 1. The second kappa shape index (κ2) is 4.55. The van der Waals surface area contributed by atoms with Gasteiger partial charge in [-0.25, -0.2) is 0 Å². The van der Waals surface area contributed by atoms with Crippen LogP contribution in [0.2, 0.25) is 0 Å². The van der Waals surface area contributed by atoms with Crippen molar-refractivity contribution in [3.8, 4) is 21.1 Å². The Labute approximate surface area is 137 Å². The molecule has 5 heteroatoms. The Morgan fingerprint density at radius 3 is 1.62 bits per heavy atom. The lowest BCUT2D eigenvalue weighted by molar-refractivity contribution is 1.43. The van der Waals surface area contributed by atoms with Crippen LogP contribution in [0.5, 0.6) is 0 Å². The van der Waals surface area contributed by atoms with E-state index in [0.717, 1.165) is 0 Å². The van der Waals surface area contributed by atoms with E-state index >= 15 is 0 Å². The molecule has 0 atom stereocenters. The van der Waals surface area contributed by atoms with Gasteiger partial charge >= 0.3 is 0 Å². The Kier molecular flexibility index (Phi) is 2.64. The lowest BCUT2D eigenvalue weighted by Gasteiger charge is -1.93. The zero-order chi connectivity index (χ0) is 13.8. The first-order chi connectivity index (χ1) is 10.4. The van der Waals surface area contributed by atoms with Crippen molar-refractivity contribution in [2.24, 2.45) is 0 Å². The number of nitrogens with one attached hydrogen (secondary N) is 1. The summed E-state index contributed by atoms with van der Waals surface area (Å²) in [6.45, 7) is 0. The SMILES string of the molecule is c1cc2sc(-c3ccc(-c4cc5sccc5s4)[nH]3)cc2s1. The second-order valence-corrected chi connectivity index (χ2v) is 8.87. The summed E-state index contributed by atoms with van der Waals surface area (Å²) in [6.07, 6.45) is 0. The Morgan fingerprint density at radius 1 is 0.619 bits per heavy atom. The molecule has 5 aromatic rings. The highest BCUT2D eigenvalue weighted by Gasteiger charge is 2.10. The average Bonchev–Trinajstić information content (AvgIpc) is 3.23. The zero-order valence-corrected chi connectivity index (χ0v) is 14.0. The standard InChI is InChI=1S/C16H9NS4/c1-2-10(14-8-16-12(21-14)4-6-19-16)17-9(1)13-7-15-11(20-13)3-5-18-15/h1-8,17H. The molecule has 5 aromatic heterocycles. The van der Waals surface area contributed by atoms with Gasteiger partial charge < -0.3 is 4.98 Å². The van der Waals surface area contributed by atoms with Crippen LogP contribution < -0.4 is 0 Å². The molecular formula is C16H9NS4. The van der Waals surface area contributed by atoms with Crippen molar-refractivity contribution in [3.05, 3.63) is 47.2 Å². The maximum atomic E-state index is 3.58. The predicted octanol–water partition coefficient (Wildman–Crippen LogP) is 6.90. The van der Waals surface area contributed by atoms with Crippen molar-refractivity contribution in [1.29, 1.82) is 0 Å². The van der Waals surface area contributed by atoms with Crippen LogP contribution in [0.4, 0.5) is 0 Å². The lowest BCUT2D eigenvalue weighted by atomic mass is 10.3. The first-order valence-electron chi connectivity index (χ1n) is 6.51. The summed E-state index contributed by atoms with van der Waals surface area (Å²) in [5, 5.41) is 4.31. The summed E-state index contributed by atoms with van der Waals surface area (Å²) in [6, 6.07) is 13.4. The molecule has 0 unspecified atom stereocenters. The van der Waals surface area contributed by atoms with Gasteiger partial charge in [0.2, 0.25) is 0 Å². The first kappa shape index (κ1) is 12.2. The van der Waals surface area contributed by atoms with Crippen LogP contribution in [0.1, 0.15) is 0 Å². The molecule has 5 rings (SSSR count). The number of hydrogen-bond donors (Lipinski definition) is 1. The number of fused-ring (bicyclic) bond motifs is 2. The number of aromatic amines is 1. The molecule has 0 saturated carbocycles. The van der Waals surface area contributed by atoms with Gasteiger partial charge in [-0.1, -0.05) is 0 Å². The normalized spacial score (nSPS) is 11.8. The fourth-order valence-corrected chi connectivity index (χ4v) is 6.66. The monoisotopic (exact) mass is 343 g/mol. The van der Waals surface area contributed by atoms with E-state index in [-0.39, 0.29) is 0 Å². The molecule has 5 heterocycles. The maximum Gasteiger partial charge on any atom is 0.0561 e. The van der Waals surface area contributed by atoms with E-state index in [4.69, 9.17) is 0 Å². The summed E-state index contributed by atoms with van der Waals surface area (Å²) in [5.41, 5.74) is 2.44. The average molecular weight is 344 g/mol. The van der Waals surface area contributed by atoms with E-state index in [9.17, 15) is 0 Å². The summed E-state index contributed by atoms with van der Waals surface area (Å²) < 4.78 is 5.51. The molecule has 0 aliphatic rings. The van der Waals surface area contributed by atoms with Crippen molar-refractivity contribution in [2.75, 3.05) is 0 Å². The molecule has 1 nitrogen and oxygen atoms in total. The molecule has 102 valence electrons. The summed E-state index contributed by atoms with van der Waals surface area (Å²) in [7, 11) is 0.